The molecule has 1 aromatic rings. The fraction of sp³-hybridized carbons (Fsp3) is 0.467. The lowest BCUT2D eigenvalue weighted by molar-refractivity contribution is -0.124. The first-order chi connectivity index (χ1) is 8.63. The van der Waals surface area contributed by atoms with Crippen LogP contribution in [0.2, 0.25) is 0 Å². The molecule has 3 atom stereocenters. The van der Waals surface area contributed by atoms with Gasteiger partial charge in [-0.2, -0.15) is 5.26 Å². The molecule has 3 unspecified atom stereocenters. The lowest BCUT2D eigenvalue weighted by atomic mass is 9.83. The molecule has 0 bridgehead atoms. The maximum absolute atomic E-state index is 12.5. The van der Waals surface area contributed by atoms with E-state index in [1.54, 1.807) is 0 Å². The molecule has 1 aliphatic carbocycles. The molecule has 0 heterocycles. The van der Waals surface area contributed by atoms with Crippen LogP contribution in [0.15, 0.2) is 28.7 Å². The lowest BCUT2D eigenvalue weighted by Crippen LogP contribution is -2.23. The van der Waals surface area contributed by atoms with E-state index in [4.69, 9.17) is 0 Å². The summed E-state index contributed by atoms with van der Waals surface area (Å²) in [6.07, 6.45) is 3.15. The lowest BCUT2D eigenvalue weighted by Gasteiger charge is -2.17. The highest BCUT2D eigenvalue weighted by atomic mass is 79.9. The predicted molar refractivity (Wildman–Crippen MR) is 74.0 cm³/mol. The first kappa shape index (κ1) is 13.3. The number of Topliss-reactive ketones (excluding diaryl/α,β-unsaturated/α-hetero) is 1. The van der Waals surface area contributed by atoms with Gasteiger partial charge in [-0.1, -0.05) is 41.4 Å². The Labute approximate surface area is 116 Å². The van der Waals surface area contributed by atoms with Crippen molar-refractivity contribution in [2.24, 2.45) is 11.8 Å². The number of rotatable bonds is 3. The average molecular weight is 306 g/mol. The molecule has 1 saturated carbocycles. The van der Waals surface area contributed by atoms with E-state index in [-0.39, 0.29) is 11.7 Å². The van der Waals surface area contributed by atoms with Crippen molar-refractivity contribution in [2.45, 2.75) is 32.1 Å². The van der Waals surface area contributed by atoms with Crippen LogP contribution in [0.4, 0.5) is 0 Å². The first-order valence-electron chi connectivity index (χ1n) is 6.32. The number of hydrogen-bond acceptors (Lipinski definition) is 2. The standard InChI is InChI=1S/C15H16BrNO/c1-10-4-2-7-13(10)15(18)14(9-17)11-5-3-6-12(16)8-11/h3,5-6,8,10,13-14H,2,4,7H2,1H3. The summed E-state index contributed by atoms with van der Waals surface area (Å²) in [5.41, 5.74) is 0.802. The molecule has 0 N–H and O–H groups in total. The summed E-state index contributed by atoms with van der Waals surface area (Å²) in [6, 6.07) is 9.67. The van der Waals surface area contributed by atoms with Crippen LogP contribution in [0, 0.1) is 23.2 Å². The Morgan fingerprint density at radius 1 is 1.50 bits per heavy atom. The predicted octanol–water partition coefficient (Wildman–Crippen LogP) is 4.06. The molecule has 0 aromatic heterocycles. The second-order valence-electron chi connectivity index (χ2n) is 5.03. The molecular weight excluding hydrogens is 290 g/mol. The second-order valence-corrected chi connectivity index (χ2v) is 5.95. The summed E-state index contributed by atoms with van der Waals surface area (Å²) in [5, 5.41) is 9.30. The van der Waals surface area contributed by atoms with Crippen LogP contribution in [0.5, 0.6) is 0 Å². The monoisotopic (exact) mass is 305 g/mol. The molecule has 0 saturated heterocycles. The van der Waals surface area contributed by atoms with Crippen molar-refractivity contribution in [1.29, 1.82) is 5.26 Å². The van der Waals surface area contributed by atoms with E-state index >= 15 is 0 Å². The van der Waals surface area contributed by atoms with Gasteiger partial charge in [-0.25, -0.2) is 0 Å². The summed E-state index contributed by atoms with van der Waals surface area (Å²) in [5.74, 6) is -0.0391. The number of nitriles is 1. The molecular formula is C15H16BrNO. The van der Waals surface area contributed by atoms with Crippen molar-refractivity contribution in [1.82, 2.24) is 0 Å². The Hall–Kier alpha value is -1.14. The molecule has 94 valence electrons. The minimum atomic E-state index is -0.618. The molecule has 3 heteroatoms. The Morgan fingerprint density at radius 3 is 2.83 bits per heavy atom. The summed E-state index contributed by atoms with van der Waals surface area (Å²) in [4.78, 5) is 12.5. The molecule has 1 aromatic carbocycles. The van der Waals surface area contributed by atoms with Crippen LogP contribution in [-0.2, 0) is 4.79 Å². The van der Waals surface area contributed by atoms with Crippen LogP contribution < -0.4 is 0 Å². The van der Waals surface area contributed by atoms with Gasteiger partial charge < -0.3 is 0 Å². The van der Waals surface area contributed by atoms with Gasteiger partial charge in [0.1, 0.15) is 5.92 Å². The maximum Gasteiger partial charge on any atom is 0.157 e. The summed E-state index contributed by atoms with van der Waals surface area (Å²) < 4.78 is 0.910. The van der Waals surface area contributed by atoms with E-state index in [0.717, 1.165) is 29.3 Å². The Balaban J connectivity index is 2.24. The van der Waals surface area contributed by atoms with E-state index in [2.05, 4.69) is 28.9 Å². The molecule has 2 rings (SSSR count). The van der Waals surface area contributed by atoms with Gasteiger partial charge in [0.2, 0.25) is 0 Å². The highest BCUT2D eigenvalue weighted by molar-refractivity contribution is 9.10. The van der Waals surface area contributed by atoms with Crippen LogP contribution in [0.25, 0.3) is 0 Å². The average Bonchev–Trinajstić information content (AvgIpc) is 2.76. The zero-order valence-electron chi connectivity index (χ0n) is 10.4. The van der Waals surface area contributed by atoms with E-state index in [1.807, 2.05) is 24.3 Å². The largest absolute Gasteiger partial charge is 0.298 e. The Morgan fingerprint density at radius 2 is 2.28 bits per heavy atom. The van der Waals surface area contributed by atoms with E-state index in [0.29, 0.717) is 5.92 Å². The van der Waals surface area contributed by atoms with Crippen LogP contribution >= 0.6 is 15.9 Å². The van der Waals surface area contributed by atoms with Gasteiger partial charge in [-0.3, -0.25) is 4.79 Å². The van der Waals surface area contributed by atoms with Crippen molar-refractivity contribution in [3.8, 4) is 6.07 Å². The van der Waals surface area contributed by atoms with Gasteiger partial charge in [-0.15, -0.1) is 0 Å². The number of hydrogen-bond donors (Lipinski definition) is 0. The first-order valence-corrected chi connectivity index (χ1v) is 7.11. The second kappa shape index (κ2) is 5.67. The third kappa shape index (κ3) is 2.64. The van der Waals surface area contributed by atoms with Crippen molar-refractivity contribution >= 4 is 21.7 Å². The van der Waals surface area contributed by atoms with E-state index < -0.39 is 5.92 Å². The topological polar surface area (TPSA) is 40.9 Å². The van der Waals surface area contributed by atoms with Crippen LogP contribution in [-0.4, -0.2) is 5.78 Å². The van der Waals surface area contributed by atoms with Gasteiger partial charge in [0.25, 0.3) is 0 Å². The molecule has 1 aliphatic rings. The van der Waals surface area contributed by atoms with Gasteiger partial charge in [0, 0.05) is 10.4 Å². The number of halogens is 1. The fourth-order valence-electron chi connectivity index (χ4n) is 2.77. The molecule has 18 heavy (non-hydrogen) atoms. The number of ketones is 1. The molecule has 0 spiro atoms. The van der Waals surface area contributed by atoms with E-state index in [1.165, 1.54) is 0 Å². The Bertz CT molecular complexity index is 492. The molecule has 0 aliphatic heterocycles. The number of carbonyl (C=O) groups is 1. The highest BCUT2D eigenvalue weighted by Crippen LogP contribution is 2.36. The third-order valence-corrected chi connectivity index (χ3v) is 4.32. The maximum atomic E-state index is 12.5. The van der Waals surface area contributed by atoms with Crippen LogP contribution in [0.3, 0.4) is 0 Å². The number of benzene rings is 1. The zero-order valence-corrected chi connectivity index (χ0v) is 12.0. The zero-order chi connectivity index (χ0) is 13.1. The molecule has 1 fully saturated rings. The summed E-state index contributed by atoms with van der Waals surface area (Å²) in [6.45, 7) is 2.12. The minimum Gasteiger partial charge on any atom is -0.298 e. The number of nitrogens with zero attached hydrogens (tertiary/aromatic N) is 1. The normalized spacial score (nSPS) is 24.5. The summed E-state index contributed by atoms with van der Waals surface area (Å²) in [7, 11) is 0. The van der Waals surface area contributed by atoms with Gasteiger partial charge >= 0.3 is 0 Å². The van der Waals surface area contributed by atoms with E-state index in [9.17, 15) is 10.1 Å². The van der Waals surface area contributed by atoms with Gasteiger partial charge in [0.15, 0.2) is 5.78 Å². The third-order valence-electron chi connectivity index (χ3n) is 3.82. The Kier molecular flexibility index (Phi) is 4.19. The molecule has 0 amide bonds. The fourth-order valence-corrected chi connectivity index (χ4v) is 3.19. The highest BCUT2D eigenvalue weighted by Gasteiger charge is 2.34. The van der Waals surface area contributed by atoms with Crippen molar-refractivity contribution in [3.05, 3.63) is 34.3 Å². The number of carbonyl (C=O) groups excluding carboxylic acids is 1. The quantitative estimate of drug-likeness (QED) is 0.845. The van der Waals surface area contributed by atoms with Crippen molar-refractivity contribution < 1.29 is 4.79 Å². The van der Waals surface area contributed by atoms with Gasteiger partial charge in [-0.05, 0) is 36.5 Å². The van der Waals surface area contributed by atoms with Crippen molar-refractivity contribution in [2.75, 3.05) is 0 Å². The smallest absolute Gasteiger partial charge is 0.157 e. The molecule has 2 nitrogen and oxygen atoms in total. The minimum absolute atomic E-state index is 0.0635. The van der Waals surface area contributed by atoms with Crippen LogP contribution in [0.1, 0.15) is 37.7 Å². The van der Waals surface area contributed by atoms with Gasteiger partial charge in [0.05, 0.1) is 6.07 Å². The van der Waals surface area contributed by atoms with Crippen molar-refractivity contribution in [3.63, 3.8) is 0 Å². The molecule has 0 radical (unpaired) electrons. The SMILES string of the molecule is CC1CCCC1C(=O)C(C#N)c1cccc(Br)c1. The summed E-state index contributed by atoms with van der Waals surface area (Å²) >= 11 is 3.38.